The Balaban J connectivity index is 1.48. The zero-order chi connectivity index (χ0) is 29.6. The van der Waals surface area contributed by atoms with E-state index in [1.54, 1.807) is 36.4 Å². The molecule has 5 rings (SSSR count). The minimum atomic E-state index is -1.04. The summed E-state index contributed by atoms with van der Waals surface area (Å²) >= 11 is 2.51. The Morgan fingerprint density at radius 2 is 1.95 bits per heavy atom. The molecule has 0 fully saturated rings. The van der Waals surface area contributed by atoms with Gasteiger partial charge in [0, 0.05) is 5.75 Å². The van der Waals surface area contributed by atoms with E-state index in [4.69, 9.17) is 13.9 Å². The minimum Gasteiger partial charge on any atom is -0.503 e. The molecule has 0 aliphatic carbocycles. The number of carbonyl (C=O) groups is 2. The van der Waals surface area contributed by atoms with Crippen molar-refractivity contribution in [3.8, 4) is 11.5 Å². The van der Waals surface area contributed by atoms with Crippen LogP contribution in [0.5, 0.6) is 11.5 Å². The van der Waals surface area contributed by atoms with Crippen molar-refractivity contribution >= 4 is 39.9 Å². The van der Waals surface area contributed by atoms with Gasteiger partial charge in [-0.3, -0.25) is 14.5 Å². The molecule has 1 aliphatic rings. The summed E-state index contributed by atoms with van der Waals surface area (Å²) in [6, 6.07) is 13.2. The summed E-state index contributed by atoms with van der Waals surface area (Å²) in [5.74, 6) is -1.01. The smallest absolute Gasteiger partial charge is 0.296 e. The van der Waals surface area contributed by atoms with Crippen molar-refractivity contribution < 1.29 is 33.0 Å². The van der Waals surface area contributed by atoms with E-state index < -0.39 is 23.5 Å². The molecule has 1 atom stereocenters. The summed E-state index contributed by atoms with van der Waals surface area (Å²) in [4.78, 5) is 28.3. The van der Waals surface area contributed by atoms with Gasteiger partial charge in [0.1, 0.15) is 5.82 Å². The van der Waals surface area contributed by atoms with Crippen LogP contribution in [0.15, 0.2) is 80.9 Å². The lowest BCUT2D eigenvalue weighted by Gasteiger charge is -2.24. The molecule has 1 amide bonds. The first-order chi connectivity index (χ1) is 20.4. The average Bonchev–Trinajstić information content (AvgIpc) is 3.76. The summed E-state index contributed by atoms with van der Waals surface area (Å²) < 4.78 is 30.6. The lowest BCUT2D eigenvalue weighted by Crippen LogP contribution is -2.31. The van der Waals surface area contributed by atoms with Crippen LogP contribution in [0.1, 0.15) is 53.9 Å². The molecule has 3 heterocycles. The van der Waals surface area contributed by atoms with Crippen LogP contribution in [0, 0.1) is 5.82 Å². The number of benzene rings is 2. The number of aliphatic hydroxyl groups excluding tert-OH is 1. The fraction of sp³-hybridized carbons (Fsp3) is 0.267. The highest BCUT2D eigenvalue weighted by molar-refractivity contribution is 8.00. The Kier molecular flexibility index (Phi) is 9.23. The summed E-state index contributed by atoms with van der Waals surface area (Å²) in [7, 11) is 1.51. The van der Waals surface area contributed by atoms with Gasteiger partial charge in [0.2, 0.25) is 10.9 Å². The summed E-state index contributed by atoms with van der Waals surface area (Å²) in [6.45, 7) is 2.63. The number of nitrogens with zero attached hydrogens (tertiary/aromatic N) is 3. The number of unbranched alkanes of at least 4 members (excludes halogenated alkanes) is 2. The molecule has 4 aromatic rings. The number of ketones is 1. The van der Waals surface area contributed by atoms with E-state index >= 15 is 0 Å². The van der Waals surface area contributed by atoms with E-state index in [2.05, 4.69) is 17.1 Å². The molecule has 0 bridgehead atoms. The first-order valence-electron chi connectivity index (χ1n) is 13.3. The van der Waals surface area contributed by atoms with Gasteiger partial charge in [0.05, 0.1) is 31.6 Å². The van der Waals surface area contributed by atoms with Gasteiger partial charge in [-0.05, 0) is 53.9 Å². The number of furan rings is 1. The topological polar surface area (TPSA) is 115 Å². The van der Waals surface area contributed by atoms with Gasteiger partial charge in [0.15, 0.2) is 27.4 Å². The highest BCUT2D eigenvalue weighted by Crippen LogP contribution is 2.45. The first kappa shape index (κ1) is 29.3. The predicted octanol–water partition coefficient (Wildman–Crippen LogP) is 6.92. The molecule has 0 saturated heterocycles. The number of hydrogen-bond acceptors (Lipinski definition) is 10. The zero-order valence-electron chi connectivity index (χ0n) is 22.9. The standard InChI is InChI=1S/C30H28FN3O6S2/c1-3-4-5-14-39-21-13-10-19(16-23(21)38-2)25-24(26(35)22-7-6-15-40-22)27(36)28(37)34(25)29-32-33-30(42-29)41-17-18-8-11-20(31)12-9-18/h6-13,15-16,25,36H,3-5,14,17H2,1-2H3. The van der Waals surface area contributed by atoms with E-state index in [0.29, 0.717) is 33.8 Å². The Morgan fingerprint density at radius 3 is 2.67 bits per heavy atom. The molecule has 1 N–H and O–H groups in total. The monoisotopic (exact) mass is 609 g/mol. The summed E-state index contributed by atoms with van der Waals surface area (Å²) in [5, 5.41) is 19.6. The van der Waals surface area contributed by atoms with Gasteiger partial charge in [-0.15, -0.1) is 10.2 Å². The van der Waals surface area contributed by atoms with Crippen molar-refractivity contribution in [2.24, 2.45) is 0 Å². The third-order valence-corrected chi connectivity index (χ3v) is 8.71. The number of amides is 1. The molecular weight excluding hydrogens is 581 g/mol. The predicted molar refractivity (Wildman–Crippen MR) is 157 cm³/mol. The Labute approximate surface area is 250 Å². The second-order valence-corrected chi connectivity index (χ2v) is 11.6. The van der Waals surface area contributed by atoms with Gasteiger partial charge in [-0.25, -0.2) is 4.39 Å². The van der Waals surface area contributed by atoms with E-state index in [1.165, 1.54) is 48.2 Å². The molecule has 42 heavy (non-hydrogen) atoms. The van der Waals surface area contributed by atoms with Crippen LogP contribution in [0.25, 0.3) is 0 Å². The maximum atomic E-state index is 13.5. The van der Waals surface area contributed by atoms with E-state index in [0.717, 1.165) is 36.2 Å². The number of aromatic nitrogens is 2. The lowest BCUT2D eigenvalue weighted by molar-refractivity contribution is -0.117. The summed E-state index contributed by atoms with van der Waals surface area (Å²) in [6.07, 6.45) is 4.33. The number of ether oxygens (including phenoxy) is 2. The molecule has 1 unspecified atom stereocenters. The van der Waals surface area contributed by atoms with Crippen molar-refractivity contribution in [2.75, 3.05) is 18.6 Å². The molecule has 2 aromatic carbocycles. The molecule has 1 aliphatic heterocycles. The molecule has 9 nitrogen and oxygen atoms in total. The summed E-state index contributed by atoms with van der Waals surface area (Å²) in [5.41, 5.74) is 1.24. The van der Waals surface area contributed by atoms with Crippen LogP contribution in [0.3, 0.4) is 0 Å². The normalized spacial score (nSPS) is 15.0. The zero-order valence-corrected chi connectivity index (χ0v) is 24.5. The number of aliphatic hydroxyl groups is 1. The minimum absolute atomic E-state index is 0.0214. The highest BCUT2D eigenvalue weighted by atomic mass is 32.2. The molecule has 0 spiro atoms. The van der Waals surface area contributed by atoms with Gasteiger partial charge in [0.25, 0.3) is 5.91 Å². The molecule has 0 radical (unpaired) electrons. The van der Waals surface area contributed by atoms with Crippen LogP contribution >= 0.6 is 23.1 Å². The quantitative estimate of drug-likeness (QED) is 0.0746. The van der Waals surface area contributed by atoms with Crippen molar-refractivity contribution in [2.45, 2.75) is 42.3 Å². The van der Waals surface area contributed by atoms with Gasteiger partial charge >= 0.3 is 0 Å². The Bertz CT molecular complexity index is 1590. The van der Waals surface area contributed by atoms with E-state index in [9.17, 15) is 19.1 Å². The highest BCUT2D eigenvalue weighted by Gasteiger charge is 2.47. The fourth-order valence-corrected chi connectivity index (χ4v) is 6.31. The first-order valence-corrected chi connectivity index (χ1v) is 15.1. The van der Waals surface area contributed by atoms with Crippen LogP contribution in [0.4, 0.5) is 9.52 Å². The van der Waals surface area contributed by atoms with Crippen molar-refractivity contribution in [1.29, 1.82) is 0 Å². The van der Waals surface area contributed by atoms with Gasteiger partial charge in [-0.1, -0.05) is 61.1 Å². The van der Waals surface area contributed by atoms with Crippen molar-refractivity contribution in [1.82, 2.24) is 10.2 Å². The number of carbonyl (C=O) groups excluding carboxylic acids is 2. The van der Waals surface area contributed by atoms with Crippen molar-refractivity contribution in [3.05, 3.63) is 94.9 Å². The van der Waals surface area contributed by atoms with Crippen LogP contribution in [-0.2, 0) is 10.5 Å². The Hall–Kier alpha value is -4.16. The maximum Gasteiger partial charge on any atom is 0.296 e. The second-order valence-electron chi connectivity index (χ2n) is 9.38. The second kappa shape index (κ2) is 13.2. The fourth-order valence-electron chi connectivity index (χ4n) is 4.48. The number of hydrogen-bond donors (Lipinski definition) is 1. The number of anilines is 1. The van der Waals surface area contributed by atoms with Crippen LogP contribution in [0.2, 0.25) is 0 Å². The third kappa shape index (κ3) is 6.19. The van der Waals surface area contributed by atoms with Crippen molar-refractivity contribution in [3.63, 3.8) is 0 Å². The average molecular weight is 610 g/mol. The van der Waals surface area contributed by atoms with E-state index in [-0.39, 0.29) is 22.3 Å². The molecule has 0 saturated carbocycles. The molecular formula is C30H28FN3O6S2. The number of Topliss-reactive ketones (excluding diaryl/α,β-unsaturated/α-hetero) is 1. The lowest BCUT2D eigenvalue weighted by atomic mass is 9.95. The SMILES string of the molecule is CCCCCOc1ccc(C2C(C(=O)c3ccco3)=C(O)C(=O)N2c2nnc(SCc3ccc(F)cc3)s2)cc1OC. The number of halogens is 1. The number of rotatable bonds is 13. The van der Waals surface area contributed by atoms with Crippen LogP contribution < -0.4 is 14.4 Å². The third-order valence-electron chi connectivity index (χ3n) is 6.58. The molecule has 218 valence electrons. The molecule has 2 aromatic heterocycles. The largest absolute Gasteiger partial charge is 0.503 e. The van der Waals surface area contributed by atoms with Crippen LogP contribution in [-0.4, -0.2) is 40.7 Å². The Morgan fingerprint density at radius 1 is 1.14 bits per heavy atom. The van der Waals surface area contributed by atoms with Gasteiger partial charge < -0.3 is 19.0 Å². The number of thioether (sulfide) groups is 1. The maximum absolute atomic E-state index is 13.5. The van der Waals surface area contributed by atoms with Gasteiger partial charge in [-0.2, -0.15) is 0 Å². The van der Waals surface area contributed by atoms with E-state index in [1.807, 2.05) is 0 Å². The molecule has 12 heteroatoms. The number of methoxy groups -OCH3 is 1.